The first-order valence-corrected chi connectivity index (χ1v) is 5.95. The molecule has 1 N–H and O–H groups in total. The van der Waals surface area contributed by atoms with Crippen molar-refractivity contribution >= 4 is 18.0 Å². The minimum Gasteiger partial charge on any atom is -0.478 e. The standard InChI is InChI=1S/C14H13F3O4/c1-8(2)21-13(20)12-9(6-7-11(18)19)4-3-5-10(12)14(15,16)17/h3-8H,1-2H3,(H,18,19)/b7-6-. The van der Waals surface area contributed by atoms with E-state index in [2.05, 4.69) is 0 Å². The zero-order valence-electron chi connectivity index (χ0n) is 11.3. The van der Waals surface area contributed by atoms with Gasteiger partial charge >= 0.3 is 18.1 Å². The molecule has 0 spiro atoms. The van der Waals surface area contributed by atoms with E-state index >= 15 is 0 Å². The summed E-state index contributed by atoms with van der Waals surface area (Å²) in [4.78, 5) is 22.4. The molecule has 0 atom stereocenters. The third-order valence-electron chi connectivity index (χ3n) is 2.35. The number of ether oxygens (including phenoxy) is 1. The van der Waals surface area contributed by atoms with Crippen LogP contribution in [0.25, 0.3) is 6.08 Å². The predicted octanol–water partition coefficient (Wildman–Crippen LogP) is 3.37. The van der Waals surface area contributed by atoms with E-state index in [1.54, 1.807) is 0 Å². The van der Waals surface area contributed by atoms with Crippen molar-refractivity contribution in [1.29, 1.82) is 0 Å². The molecular weight excluding hydrogens is 289 g/mol. The molecule has 0 aliphatic heterocycles. The van der Waals surface area contributed by atoms with Gasteiger partial charge in [-0.3, -0.25) is 0 Å². The summed E-state index contributed by atoms with van der Waals surface area (Å²) in [6.07, 6.45) is -3.77. The number of alkyl halides is 3. The van der Waals surface area contributed by atoms with E-state index < -0.39 is 35.3 Å². The lowest BCUT2D eigenvalue weighted by Gasteiger charge is -2.16. The summed E-state index contributed by atoms with van der Waals surface area (Å²) in [5.41, 5.74) is -2.03. The van der Waals surface area contributed by atoms with Crippen LogP contribution in [-0.4, -0.2) is 23.1 Å². The molecule has 0 aliphatic rings. The monoisotopic (exact) mass is 302 g/mol. The number of aliphatic carboxylic acids is 1. The third kappa shape index (κ3) is 4.62. The van der Waals surface area contributed by atoms with Crippen LogP contribution in [0.4, 0.5) is 13.2 Å². The Labute approximate surface area is 118 Å². The molecule has 1 aromatic carbocycles. The van der Waals surface area contributed by atoms with Crippen molar-refractivity contribution < 1.29 is 32.6 Å². The van der Waals surface area contributed by atoms with Crippen LogP contribution in [0, 0.1) is 0 Å². The van der Waals surface area contributed by atoms with Gasteiger partial charge in [0, 0.05) is 6.08 Å². The van der Waals surface area contributed by atoms with Gasteiger partial charge in [-0.25, -0.2) is 9.59 Å². The largest absolute Gasteiger partial charge is 0.478 e. The van der Waals surface area contributed by atoms with Gasteiger partial charge in [-0.2, -0.15) is 13.2 Å². The van der Waals surface area contributed by atoms with Crippen LogP contribution in [0.5, 0.6) is 0 Å². The van der Waals surface area contributed by atoms with E-state index in [1.807, 2.05) is 0 Å². The molecule has 0 fully saturated rings. The third-order valence-corrected chi connectivity index (χ3v) is 2.35. The number of esters is 1. The highest BCUT2D eigenvalue weighted by Crippen LogP contribution is 2.34. The minimum atomic E-state index is -4.75. The number of hydrogen-bond acceptors (Lipinski definition) is 3. The Morgan fingerprint density at radius 3 is 2.38 bits per heavy atom. The van der Waals surface area contributed by atoms with E-state index in [9.17, 15) is 22.8 Å². The van der Waals surface area contributed by atoms with Gasteiger partial charge in [0.15, 0.2) is 0 Å². The molecule has 7 heteroatoms. The average Bonchev–Trinajstić information content (AvgIpc) is 2.33. The molecule has 0 amide bonds. The molecule has 0 heterocycles. The van der Waals surface area contributed by atoms with Gasteiger partial charge in [0.1, 0.15) is 0 Å². The Bertz CT molecular complexity index is 574. The highest BCUT2D eigenvalue weighted by atomic mass is 19.4. The van der Waals surface area contributed by atoms with E-state index in [-0.39, 0.29) is 5.56 Å². The number of carboxylic acids is 1. The van der Waals surface area contributed by atoms with Gasteiger partial charge in [0.05, 0.1) is 17.2 Å². The number of rotatable bonds is 4. The molecular formula is C14H13F3O4. The van der Waals surface area contributed by atoms with Gasteiger partial charge in [-0.15, -0.1) is 0 Å². The van der Waals surface area contributed by atoms with Gasteiger partial charge in [0.25, 0.3) is 0 Å². The first-order chi connectivity index (χ1) is 9.62. The predicted molar refractivity (Wildman–Crippen MR) is 68.7 cm³/mol. The number of hydrogen-bond donors (Lipinski definition) is 1. The second-order valence-electron chi connectivity index (χ2n) is 4.39. The summed E-state index contributed by atoms with van der Waals surface area (Å²) in [6, 6.07) is 3.05. The van der Waals surface area contributed by atoms with E-state index in [1.165, 1.54) is 19.9 Å². The van der Waals surface area contributed by atoms with Crippen LogP contribution < -0.4 is 0 Å². The fraction of sp³-hybridized carbons (Fsp3) is 0.286. The molecule has 0 aromatic heterocycles. The molecule has 0 bridgehead atoms. The lowest BCUT2D eigenvalue weighted by atomic mass is 10.00. The zero-order chi connectivity index (χ0) is 16.2. The first kappa shape index (κ1) is 16.7. The Hall–Kier alpha value is -2.31. The fourth-order valence-electron chi connectivity index (χ4n) is 1.61. The second-order valence-corrected chi connectivity index (χ2v) is 4.39. The smallest absolute Gasteiger partial charge is 0.417 e. The van der Waals surface area contributed by atoms with Crippen LogP contribution in [0.15, 0.2) is 24.3 Å². The quantitative estimate of drug-likeness (QED) is 0.684. The zero-order valence-corrected chi connectivity index (χ0v) is 11.3. The Morgan fingerprint density at radius 2 is 1.90 bits per heavy atom. The molecule has 4 nitrogen and oxygen atoms in total. The van der Waals surface area contributed by atoms with Crippen molar-refractivity contribution in [1.82, 2.24) is 0 Å². The lowest BCUT2D eigenvalue weighted by molar-refractivity contribution is -0.138. The van der Waals surface area contributed by atoms with Crippen molar-refractivity contribution in [3.63, 3.8) is 0 Å². The highest BCUT2D eigenvalue weighted by molar-refractivity contribution is 5.97. The van der Waals surface area contributed by atoms with Crippen LogP contribution in [0.2, 0.25) is 0 Å². The van der Waals surface area contributed by atoms with Crippen molar-refractivity contribution in [3.8, 4) is 0 Å². The SMILES string of the molecule is CC(C)OC(=O)c1c(/C=C\C(=O)O)cccc1C(F)(F)F. The number of carbonyl (C=O) groups is 2. The second kappa shape index (κ2) is 6.43. The van der Waals surface area contributed by atoms with E-state index in [4.69, 9.17) is 9.84 Å². The molecule has 1 aromatic rings. The Balaban J connectivity index is 3.44. The Kier molecular flexibility index (Phi) is 5.12. The number of carboxylic acid groups (broad SMARTS) is 1. The summed E-state index contributed by atoms with van der Waals surface area (Å²) < 4.78 is 43.7. The normalized spacial score (nSPS) is 11.9. The molecule has 114 valence electrons. The maximum absolute atomic E-state index is 13.0. The van der Waals surface area contributed by atoms with Crippen molar-refractivity contribution in [3.05, 3.63) is 41.0 Å². The van der Waals surface area contributed by atoms with E-state index in [0.717, 1.165) is 18.2 Å². The maximum Gasteiger partial charge on any atom is 0.417 e. The summed E-state index contributed by atoms with van der Waals surface area (Å²) in [5, 5.41) is 8.55. The lowest BCUT2D eigenvalue weighted by Crippen LogP contribution is -2.19. The molecule has 0 aliphatic carbocycles. The van der Waals surface area contributed by atoms with Gasteiger partial charge in [-0.05, 0) is 31.6 Å². The van der Waals surface area contributed by atoms with Crippen molar-refractivity contribution in [2.24, 2.45) is 0 Å². The number of benzene rings is 1. The highest BCUT2D eigenvalue weighted by Gasteiger charge is 2.36. The topological polar surface area (TPSA) is 63.6 Å². The first-order valence-electron chi connectivity index (χ1n) is 5.95. The van der Waals surface area contributed by atoms with Gasteiger partial charge in [0.2, 0.25) is 0 Å². The summed E-state index contributed by atoms with van der Waals surface area (Å²) in [5.74, 6) is -2.49. The van der Waals surface area contributed by atoms with Gasteiger partial charge in [-0.1, -0.05) is 12.1 Å². The maximum atomic E-state index is 13.0. The van der Waals surface area contributed by atoms with Crippen molar-refractivity contribution in [2.75, 3.05) is 0 Å². The molecule has 21 heavy (non-hydrogen) atoms. The average molecular weight is 302 g/mol. The summed E-state index contributed by atoms with van der Waals surface area (Å²) >= 11 is 0. The molecule has 0 saturated carbocycles. The number of halogens is 3. The van der Waals surface area contributed by atoms with Crippen LogP contribution in [0.1, 0.15) is 35.3 Å². The van der Waals surface area contributed by atoms with Crippen LogP contribution >= 0.6 is 0 Å². The number of carbonyl (C=O) groups excluding carboxylic acids is 1. The van der Waals surface area contributed by atoms with Crippen molar-refractivity contribution in [2.45, 2.75) is 26.1 Å². The summed E-state index contributed by atoms with van der Waals surface area (Å²) in [6.45, 7) is 3.00. The molecule has 1 rings (SSSR count). The molecule has 0 unspecified atom stereocenters. The van der Waals surface area contributed by atoms with Gasteiger partial charge < -0.3 is 9.84 Å². The minimum absolute atomic E-state index is 0.169. The van der Waals surface area contributed by atoms with Crippen LogP contribution in [0.3, 0.4) is 0 Å². The van der Waals surface area contributed by atoms with E-state index in [0.29, 0.717) is 6.08 Å². The summed E-state index contributed by atoms with van der Waals surface area (Å²) in [7, 11) is 0. The Morgan fingerprint density at radius 1 is 1.29 bits per heavy atom. The van der Waals surface area contributed by atoms with Crippen LogP contribution in [-0.2, 0) is 15.7 Å². The molecule has 0 saturated heterocycles. The fourth-order valence-corrected chi connectivity index (χ4v) is 1.61. The molecule has 0 radical (unpaired) electrons.